The average molecular weight is 261 g/mol. The maximum Gasteiger partial charge on any atom is 0.411 e. The van der Waals surface area contributed by atoms with Gasteiger partial charge in [0, 0.05) is 12.1 Å². The van der Waals surface area contributed by atoms with Gasteiger partial charge in [0.1, 0.15) is 0 Å². The normalized spacial score (nSPS) is 29.6. The summed E-state index contributed by atoms with van der Waals surface area (Å²) in [5, 5.41) is 0. The van der Waals surface area contributed by atoms with Gasteiger partial charge < -0.3 is 4.74 Å². The molecule has 2 fully saturated rings. The fraction of sp³-hybridized carbons (Fsp3) is 0.700. The second kappa shape index (κ2) is 5.68. The van der Waals surface area contributed by atoms with Crippen molar-refractivity contribution in [3.8, 4) is 0 Å². The van der Waals surface area contributed by atoms with E-state index in [1.165, 1.54) is 12.6 Å². The number of halogens is 1. The van der Waals surface area contributed by atoms with E-state index < -0.39 is 0 Å². The molecule has 1 amide bonds. The molecule has 2 saturated heterocycles. The van der Waals surface area contributed by atoms with Gasteiger partial charge in [-0.1, -0.05) is 17.7 Å². The molecule has 2 bridgehead atoms. The van der Waals surface area contributed by atoms with Crippen LogP contribution in [0.4, 0.5) is 4.79 Å². The van der Waals surface area contributed by atoms with Crippen molar-refractivity contribution >= 4 is 17.7 Å². The summed E-state index contributed by atoms with van der Waals surface area (Å²) in [7, 11) is 1.41. The lowest BCUT2D eigenvalue weighted by molar-refractivity contribution is -0.108. The van der Waals surface area contributed by atoms with Crippen LogP contribution < -0.4 is 0 Å². The molecule has 0 spiro atoms. The molecule has 0 aromatic rings. The minimum absolute atomic E-state index is 0.270. The molecule has 0 N–H and O–H groups in total. The zero-order valence-electron chi connectivity index (χ0n) is 9.88. The van der Waals surface area contributed by atoms with Crippen LogP contribution in [0.2, 0.25) is 0 Å². The Morgan fingerprint density at radius 2 is 1.88 bits per heavy atom. The van der Waals surface area contributed by atoms with E-state index in [0.717, 1.165) is 26.6 Å². The van der Waals surface area contributed by atoms with E-state index in [0.29, 0.717) is 13.3 Å². The number of carbonyl (C=O) groups excluding carboxylic acids is 1. The number of carbonyl (C=O) groups is 1. The van der Waals surface area contributed by atoms with Crippen molar-refractivity contribution in [1.82, 2.24) is 19.6 Å². The molecule has 6 nitrogen and oxygen atoms in total. The number of rotatable bonds is 2. The molecule has 0 radical (unpaired) electrons. The summed E-state index contributed by atoms with van der Waals surface area (Å²) in [6.07, 6.45) is 1.65. The van der Waals surface area contributed by atoms with Gasteiger partial charge in [-0.25, -0.2) is 4.79 Å². The molecule has 17 heavy (non-hydrogen) atoms. The van der Waals surface area contributed by atoms with Crippen LogP contribution in [-0.4, -0.2) is 72.7 Å². The lowest BCUT2D eigenvalue weighted by Crippen LogP contribution is -2.64. The summed E-state index contributed by atoms with van der Waals surface area (Å²) in [6, 6.07) is 0. The van der Waals surface area contributed by atoms with Crippen LogP contribution in [0.5, 0.6) is 0 Å². The third kappa shape index (κ3) is 3.10. The van der Waals surface area contributed by atoms with Gasteiger partial charge in [0.05, 0.1) is 40.5 Å². The number of fused-ring (bicyclic) bond motifs is 2. The number of hydrogen-bond acceptors (Lipinski definition) is 5. The highest BCUT2D eigenvalue weighted by molar-refractivity contribution is 6.25. The van der Waals surface area contributed by atoms with E-state index in [1.807, 2.05) is 6.08 Å². The Balaban J connectivity index is 1.91. The number of nitrogens with zero attached hydrogens (tertiary/aromatic N) is 4. The van der Waals surface area contributed by atoms with E-state index in [2.05, 4.69) is 14.7 Å². The van der Waals surface area contributed by atoms with E-state index in [9.17, 15) is 4.79 Å². The first-order valence-electron chi connectivity index (χ1n) is 5.48. The van der Waals surface area contributed by atoms with Gasteiger partial charge >= 0.3 is 6.09 Å². The maximum atomic E-state index is 11.5. The van der Waals surface area contributed by atoms with Gasteiger partial charge in [-0.15, -0.1) is 0 Å². The Morgan fingerprint density at radius 3 is 2.41 bits per heavy atom. The van der Waals surface area contributed by atoms with Crippen molar-refractivity contribution in [2.75, 3.05) is 47.0 Å². The molecule has 2 rings (SSSR count). The maximum absolute atomic E-state index is 11.5. The fourth-order valence-corrected chi connectivity index (χ4v) is 2.32. The zero-order chi connectivity index (χ0) is 12.3. The first-order valence-corrected chi connectivity index (χ1v) is 5.91. The fourth-order valence-electron chi connectivity index (χ4n) is 2.24. The lowest BCUT2D eigenvalue weighted by atomic mass is 10.4. The van der Waals surface area contributed by atoms with E-state index in [4.69, 9.17) is 16.3 Å². The Kier molecular flexibility index (Phi) is 4.22. The van der Waals surface area contributed by atoms with Crippen molar-refractivity contribution in [2.45, 2.75) is 0 Å². The third-order valence-corrected chi connectivity index (χ3v) is 3.01. The van der Waals surface area contributed by atoms with Crippen LogP contribution in [0.15, 0.2) is 11.6 Å². The van der Waals surface area contributed by atoms with Crippen LogP contribution in [-0.2, 0) is 4.74 Å². The summed E-state index contributed by atoms with van der Waals surface area (Å²) >= 11 is 5.52. The Bertz CT molecular complexity index is 299. The second-order valence-corrected chi connectivity index (χ2v) is 4.53. The highest BCUT2D eigenvalue weighted by Gasteiger charge is 2.32. The topological polar surface area (TPSA) is 39.3 Å². The summed E-state index contributed by atoms with van der Waals surface area (Å²) < 4.78 is 4.74. The van der Waals surface area contributed by atoms with E-state index in [-0.39, 0.29) is 6.09 Å². The molecule has 2 heterocycles. The molecule has 0 aliphatic carbocycles. The summed E-state index contributed by atoms with van der Waals surface area (Å²) in [6.45, 7) is 4.63. The molecule has 0 aromatic carbocycles. The first kappa shape index (κ1) is 12.6. The second-order valence-electron chi connectivity index (χ2n) is 4.27. The minimum Gasteiger partial charge on any atom is -0.453 e. The van der Waals surface area contributed by atoms with Crippen LogP contribution >= 0.6 is 11.6 Å². The van der Waals surface area contributed by atoms with Crippen LogP contribution in [0.3, 0.4) is 0 Å². The molecule has 0 aromatic heterocycles. The standard InChI is InChI=1S/C10H17ClN4O2/c1-17-10(16)15-8-13-5-12(4-2-3-11)6-14(7-13)9-15/h2-3H,4-9H2,1H3. The van der Waals surface area contributed by atoms with Gasteiger partial charge in [-0.2, -0.15) is 0 Å². The number of amides is 1. The van der Waals surface area contributed by atoms with Crippen molar-refractivity contribution in [1.29, 1.82) is 0 Å². The van der Waals surface area contributed by atoms with Crippen molar-refractivity contribution in [3.05, 3.63) is 11.6 Å². The minimum atomic E-state index is -0.270. The van der Waals surface area contributed by atoms with Crippen LogP contribution in [0, 0.1) is 0 Å². The number of methoxy groups -OCH3 is 1. The molecule has 2 atom stereocenters. The SMILES string of the molecule is COC(=O)N1C[N@@]2CN(CC=CCl)C[N@@](C1)C2. The quantitative estimate of drug-likeness (QED) is 0.724. The smallest absolute Gasteiger partial charge is 0.411 e. The lowest BCUT2D eigenvalue weighted by Gasteiger charge is -2.48. The number of ether oxygens (including phenoxy) is 1. The predicted octanol–water partition coefficient (Wildman–Crippen LogP) is 0.528. The van der Waals surface area contributed by atoms with Crippen molar-refractivity contribution in [3.63, 3.8) is 0 Å². The highest BCUT2D eigenvalue weighted by Crippen LogP contribution is 2.15. The van der Waals surface area contributed by atoms with E-state index in [1.54, 1.807) is 4.90 Å². The molecule has 2 aliphatic heterocycles. The predicted molar refractivity (Wildman–Crippen MR) is 64.0 cm³/mol. The number of hydrogen-bond donors (Lipinski definition) is 0. The summed E-state index contributed by atoms with van der Waals surface area (Å²) in [4.78, 5) is 19.8. The summed E-state index contributed by atoms with van der Waals surface area (Å²) in [5.41, 5.74) is 1.54. The van der Waals surface area contributed by atoms with Crippen molar-refractivity contribution < 1.29 is 9.53 Å². The monoisotopic (exact) mass is 260 g/mol. The zero-order valence-corrected chi connectivity index (χ0v) is 10.6. The summed E-state index contributed by atoms with van der Waals surface area (Å²) in [5.74, 6) is 0. The van der Waals surface area contributed by atoms with Crippen LogP contribution in [0.1, 0.15) is 0 Å². The van der Waals surface area contributed by atoms with Gasteiger partial charge in [-0.3, -0.25) is 19.6 Å². The van der Waals surface area contributed by atoms with Gasteiger partial charge in [0.2, 0.25) is 0 Å². The highest BCUT2D eigenvalue weighted by atomic mass is 35.5. The van der Waals surface area contributed by atoms with Gasteiger partial charge in [0.25, 0.3) is 0 Å². The first-order chi connectivity index (χ1) is 8.22. The third-order valence-electron chi connectivity index (χ3n) is 2.83. The van der Waals surface area contributed by atoms with Crippen LogP contribution in [0.25, 0.3) is 0 Å². The Labute approximate surface area is 106 Å². The Hall–Kier alpha value is -0.820. The molecule has 2 aliphatic rings. The molecular formula is C10H17ClN4O2. The molecular weight excluding hydrogens is 244 g/mol. The Morgan fingerprint density at radius 1 is 1.24 bits per heavy atom. The van der Waals surface area contributed by atoms with Crippen molar-refractivity contribution in [2.24, 2.45) is 0 Å². The molecule has 7 heteroatoms. The largest absolute Gasteiger partial charge is 0.453 e. The van der Waals surface area contributed by atoms with Gasteiger partial charge in [0.15, 0.2) is 0 Å². The molecule has 0 unspecified atom stereocenters. The molecule has 96 valence electrons. The van der Waals surface area contributed by atoms with Gasteiger partial charge in [-0.05, 0) is 0 Å². The average Bonchev–Trinajstić information content (AvgIpc) is 2.34. The molecule has 0 saturated carbocycles. The van der Waals surface area contributed by atoms with E-state index >= 15 is 0 Å².